The van der Waals surface area contributed by atoms with Crippen LogP contribution in [0.2, 0.25) is 0 Å². The summed E-state index contributed by atoms with van der Waals surface area (Å²) in [5, 5.41) is 15.4. The van der Waals surface area contributed by atoms with E-state index >= 15 is 0 Å². The number of benzene rings is 2. The molecule has 3 rings (SSSR count). The minimum atomic E-state index is 0.415. The lowest BCUT2D eigenvalue weighted by atomic mass is 10.2. The average molecular weight is 331 g/mol. The second kappa shape index (κ2) is 7.79. The van der Waals surface area contributed by atoms with Crippen LogP contribution in [0.1, 0.15) is 12.5 Å². The Morgan fingerprint density at radius 2 is 1.84 bits per heavy atom. The molecule has 0 unspecified atom stereocenters. The monoisotopic (exact) mass is 331 g/mol. The quantitative estimate of drug-likeness (QED) is 0.703. The molecule has 0 bridgehead atoms. The van der Waals surface area contributed by atoms with E-state index in [9.17, 15) is 0 Å². The Balaban J connectivity index is 1.74. The van der Waals surface area contributed by atoms with Crippen molar-refractivity contribution in [2.24, 2.45) is 0 Å². The molecule has 0 aliphatic heterocycles. The Kier molecular flexibility index (Phi) is 5.07. The molecular weight excluding hydrogens is 314 g/mol. The van der Waals surface area contributed by atoms with Crippen LogP contribution in [-0.4, -0.2) is 16.6 Å². The van der Waals surface area contributed by atoms with Gasteiger partial charge in [-0.25, -0.2) is 4.98 Å². The second-order valence-corrected chi connectivity index (χ2v) is 5.13. The molecular formula is C19H17N5O. The van der Waals surface area contributed by atoms with Gasteiger partial charge >= 0.3 is 0 Å². The third kappa shape index (κ3) is 4.24. The molecule has 124 valence electrons. The van der Waals surface area contributed by atoms with Gasteiger partial charge in [-0.3, -0.25) is 0 Å². The zero-order chi connectivity index (χ0) is 17.5. The summed E-state index contributed by atoms with van der Waals surface area (Å²) >= 11 is 0. The molecule has 0 amide bonds. The lowest BCUT2D eigenvalue weighted by Gasteiger charge is -2.10. The van der Waals surface area contributed by atoms with Crippen molar-refractivity contribution in [3.63, 3.8) is 0 Å². The van der Waals surface area contributed by atoms with Gasteiger partial charge in [-0.1, -0.05) is 12.1 Å². The third-order valence-electron chi connectivity index (χ3n) is 3.39. The molecule has 0 aliphatic rings. The fourth-order valence-corrected chi connectivity index (χ4v) is 2.25. The van der Waals surface area contributed by atoms with E-state index < -0.39 is 0 Å². The highest BCUT2D eigenvalue weighted by atomic mass is 16.5. The number of ether oxygens (including phenoxy) is 1. The van der Waals surface area contributed by atoms with Gasteiger partial charge in [-0.15, -0.1) is 0 Å². The van der Waals surface area contributed by atoms with Gasteiger partial charge in [-0.2, -0.15) is 10.2 Å². The van der Waals surface area contributed by atoms with Crippen molar-refractivity contribution in [3.05, 3.63) is 66.4 Å². The van der Waals surface area contributed by atoms with Crippen molar-refractivity contribution in [1.82, 2.24) is 9.97 Å². The molecule has 0 saturated heterocycles. The zero-order valence-electron chi connectivity index (χ0n) is 13.7. The molecule has 0 fully saturated rings. The predicted molar refractivity (Wildman–Crippen MR) is 97.4 cm³/mol. The number of rotatable bonds is 6. The summed E-state index contributed by atoms with van der Waals surface area (Å²) in [6.07, 6.45) is 1.65. The van der Waals surface area contributed by atoms with Crippen LogP contribution in [0, 0.1) is 11.3 Å². The van der Waals surface area contributed by atoms with Crippen LogP contribution in [0.4, 0.5) is 23.1 Å². The number of para-hydroxylation sites is 1. The molecule has 0 radical (unpaired) electrons. The summed E-state index contributed by atoms with van der Waals surface area (Å²) in [7, 11) is 0. The molecule has 0 atom stereocenters. The zero-order valence-corrected chi connectivity index (χ0v) is 13.7. The average Bonchev–Trinajstić information content (AvgIpc) is 2.64. The summed E-state index contributed by atoms with van der Waals surface area (Å²) in [5.74, 6) is 1.89. The molecule has 1 aromatic heterocycles. The first-order valence-corrected chi connectivity index (χ1v) is 7.87. The van der Waals surface area contributed by atoms with E-state index in [0.717, 1.165) is 11.4 Å². The molecule has 6 heteroatoms. The maximum absolute atomic E-state index is 9.15. The Hall–Kier alpha value is -3.59. The number of nitrogens with zero attached hydrogens (tertiary/aromatic N) is 3. The van der Waals surface area contributed by atoms with Gasteiger partial charge in [-0.05, 0) is 49.4 Å². The normalized spacial score (nSPS) is 9.92. The molecule has 2 aromatic carbocycles. The van der Waals surface area contributed by atoms with Gasteiger partial charge < -0.3 is 15.4 Å². The van der Waals surface area contributed by atoms with Crippen molar-refractivity contribution in [2.45, 2.75) is 6.92 Å². The fourth-order valence-electron chi connectivity index (χ4n) is 2.25. The van der Waals surface area contributed by atoms with Crippen molar-refractivity contribution < 1.29 is 4.74 Å². The van der Waals surface area contributed by atoms with Gasteiger partial charge in [0.15, 0.2) is 0 Å². The van der Waals surface area contributed by atoms with Crippen LogP contribution >= 0.6 is 0 Å². The highest BCUT2D eigenvalue weighted by Gasteiger charge is 2.04. The van der Waals surface area contributed by atoms with E-state index in [1.807, 2.05) is 49.4 Å². The van der Waals surface area contributed by atoms with Crippen molar-refractivity contribution in [2.75, 3.05) is 17.2 Å². The number of hydrogen-bond acceptors (Lipinski definition) is 6. The molecule has 2 N–H and O–H groups in total. The van der Waals surface area contributed by atoms with E-state index in [1.54, 1.807) is 18.3 Å². The SMILES string of the molecule is CCOc1ccc(Nc2ccnc(Nc3ccccc3C#N)n2)cc1. The maximum Gasteiger partial charge on any atom is 0.229 e. The van der Waals surface area contributed by atoms with Crippen molar-refractivity contribution >= 4 is 23.1 Å². The number of hydrogen-bond donors (Lipinski definition) is 2. The first-order valence-electron chi connectivity index (χ1n) is 7.87. The first kappa shape index (κ1) is 16.3. The third-order valence-corrected chi connectivity index (χ3v) is 3.39. The summed E-state index contributed by atoms with van der Waals surface area (Å²) in [4.78, 5) is 8.62. The lowest BCUT2D eigenvalue weighted by molar-refractivity contribution is 0.340. The summed E-state index contributed by atoms with van der Waals surface area (Å²) < 4.78 is 5.43. The van der Waals surface area contributed by atoms with Crippen LogP contribution in [0.15, 0.2) is 60.8 Å². The van der Waals surface area contributed by atoms with Crippen molar-refractivity contribution in [3.8, 4) is 11.8 Å². The second-order valence-electron chi connectivity index (χ2n) is 5.13. The number of nitriles is 1. The summed E-state index contributed by atoms with van der Waals surface area (Å²) in [5.41, 5.74) is 2.10. The van der Waals surface area contributed by atoms with Gasteiger partial charge in [0.2, 0.25) is 5.95 Å². The van der Waals surface area contributed by atoms with E-state index in [1.165, 1.54) is 0 Å². The molecule has 0 spiro atoms. The van der Waals surface area contributed by atoms with Crippen LogP contribution in [0.5, 0.6) is 5.75 Å². The van der Waals surface area contributed by atoms with Crippen molar-refractivity contribution in [1.29, 1.82) is 5.26 Å². The van der Waals surface area contributed by atoms with Gasteiger partial charge in [0.05, 0.1) is 17.9 Å². The van der Waals surface area contributed by atoms with E-state index in [0.29, 0.717) is 29.6 Å². The largest absolute Gasteiger partial charge is 0.494 e. The highest BCUT2D eigenvalue weighted by molar-refractivity contribution is 5.64. The molecule has 0 saturated carbocycles. The first-order chi connectivity index (χ1) is 12.3. The molecule has 0 aliphatic carbocycles. The van der Waals surface area contributed by atoms with Crippen LogP contribution < -0.4 is 15.4 Å². The lowest BCUT2D eigenvalue weighted by Crippen LogP contribution is -2.01. The number of aromatic nitrogens is 2. The minimum absolute atomic E-state index is 0.415. The molecule has 6 nitrogen and oxygen atoms in total. The molecule has 1 heterocycles. The van der Waals surface area contributed by atoms with Crippen LogP contribution in [0.25, 0.3) is 0 Å². The number of nitrogens with one attached hydrogen (secondary N) is 2. The fraction of sp³-hybridized carbons (Fsp3) is 0.105. The summed E-state index contributed by atoms with van der Waals surface area (Å²) in [6, 6.07) is 18.8. The van der Waals surface area contributed by atoms with Crippen LogP contribution in [-0.2, 0) is 0 Å². The van der Waals surface area contributed by atoms with Gasteiger partial charge in [0.25, 0.3) is 0 Å². The van der Waals surface area contributed by atoms with E-state index in [-0.39, 0.29) is 0 Å². The molecule has 25 heavy (non-hydrogen) atoms. The maximum atomic E-state index is 9.15. The van der Waals surface area contributed by atoms with E-state index in [4.69, 9.17) is 10.00 Å². The Bertz CT molecular complexity index is 887. The Morgan fingerprint density at radius 3 is 2.60 bits per heavy atom. The number of anilines is 4. The highest BCUT2D eigenvalue weighted by Crippen LogP contribution is 2.21. The predicted octanol–water partition coefficient (Wildman–Crippen LogP) is 4.23. The van der Waals surface area contributed by atoms with E-state index in [2.05, 4.69) is 26.7 Å². The standard InChI is InChI=1S/C19H17N5O/c1-2-25-16-9-7-15(8-10-16)22-18-11-12-21-19(24-18)23-17-6-4-3-5-14(17)13-20/h3-12H,2H2,1H3,(H2,21,22,23,24). The molecule has 3 aromatic rings. The van der Waals surface area contributed by atoms with Crippen LogP contribution in [0.3, 0.4) is 0 Å². The Morgan fingerprint density at radius 1 is 1.04 bits per heavy atom. The topological polar surface area (TPSA) is 82.9 Å². The smallest absolute Gasteiger partial charge is 0.229 e. The van der Waals surface area contributed by atoms with Gasteiger partial charge in [0, 0.05) is 11.9 Å². The summed E-state index contributed by atoms with van der Waals surface area (Å²) in [6.45, 7) is 2.59. The minimum Gasteiger partial charge on any atom is -0.494 e. The Labute approximate surface area is 146 Å². The van der Waals surface area contributed by atoms with Gasteiger partial charge in [0.1, 0.15) is 17.6 Å².